The van der Waals surface area contributed by atoms with Crippen LogP contribution in [0.5, 0.6) is 0 Å². The fraction of sp³-hybridized carbons (Fsp3) is 0.278. The first-order valence-electron chi connectivity index (χ1n) is 7.54. The number of rotatable bonds is 8. The molecule has 2 aromatic carbocycles. The number of halogens is 1. The Morgan fingerprint density at radius 1 is 1.17 bits per heavy atom. The van der Waals surface area contributed by atoms with Crippen molar-refractivity contribution in [1.82, 2.24) is 0 Å². The van der Waals surface area contributed by atoms with Gasteiger partial charge in [0.15, 0.2) is 5.78 Å². The molecule has 2 rings (SSSR count). The summed E-state index contributed by atoms with van der Waals surface area (Å²) in [6.45, 7) is 1.51. The smallest absolute Gasteiger partial charge is 0.216 e. The Kier molecular flexibility index (Phi) is 6.46. The van der Waals surface area contributed by atoms with Crippen LogP contribution in [0, 0.1) is 16.0 Å². The average Bonchev–Trinajstić information content (AvgIpc) is 2.58. The lowest BCUT2D eigenvalue weighted by Crippen LogP contribution is -2.34. The molecule has 5 nitrogen and oxygen atoms in total. The van der Waals surface area contributed by atoms with E-state index in [4.69, 9.17) is 16.3 Å². The minimum absolute atomic E-state index is 0.296. The maximum Gasteiger partial charge on any atom is 0.216 e. The van der Waals surface area contributed by atoms with Crippen molar-refractivity contribution in [3.63, 3.8) is 0 Å². The van der Waals surface area contributed by atoms with E-state index in [-0.39, 0.29) is 5.78 Å². The van der Waals surface area contributed by atoms with Crippen LogP contribution in [0.25, 0.3) is 0 Å². The summed E-state index contributed by atoms with van der Waals surface area (Å²) in [5.74, 6) is -1.17. The molecule has 1 unspecified atom stereocenters. The highest BCUT2D eigenvalue weighted by Gasteiger charge is 2.31. The molecular formula is C18H18ClNO4. The maximum absolute atomic E-state index is 12.6. The lowest BCUT2D eigenvalue weighted by molar-refractivity contribution is -0.487. The van der Waals surface area contributed by atoms with Gasteiger partial charge in [0.25, 0.3) is 0 Å². The van der Waals surface area contributed by atoms with Crippen molar-refractivity contribution in [3.05, 3.63) is 80.9 Å². The molecule has 0 aromatic heterocycles. The van der Waals surface area contributed by atoms with Crippen molar-refractivity contribution in [1.29, 1.82) is 0 Å². The number of hydrogen-bond donors (Lipinski definition) is 0. The topological polar surface area (TPSA) is 69.4 Å². The highest BCUT2D eigenvalue weighted by molar-refractivity contribution is 6.30. The molecule has 0 radical (unpaired) electrons. The van der Waals surface area contributed by atoms with Gasteiger partial charge in [-0.25, -0.2) is 0 Å². The number of nitrogens with zero attached hydrogens (tertiary/aromatic N) is 1. The maximum atomic E-state index is 12.6. The molecular weight excluding hydrogens is 330 g/mol. The SMILES string of the molecule is C[C@H](OCc1ccccc1)C(C[N+](=O)[O-])C(=O)c1ccc(Cl)cc1. The van der Waals surface area contributed by atoms with Gasteiger partial charge in [-0.3, -0.25) is 14.9 Å². The number of ether oxygens (including phenoxy) is 1. The van der Waals surface area contributed by atoms with Gasteiger partial charge in [0.05, 0.1) is 12.7 Å². The normalized spacial score (nSPS) is 13.2. The standard InChI is InChI=1S/C18H18ClNO4/c1-13(24-12-14-5-3-2-4-6-14)17(11-20(22)23)18(21)15-7-9-16(19)10-8-15/h2-10,13,17H,11-12H2,1H3/t13-,17?/m0/s1. The van der Waals surface area contributed by atoms with E-state index in [1.165, 1.54) is 0 Å². The summed E-state index contributed by atoms with van der Waals surface area (Å²) in [6.07, 6.45) is -0.584. The van der Waals surface area contributed by atoms with Gasteiger partial charge in [0.2, 0.25) is 6.54 Å². The molecule has 0 fully saturated rings. The van der Waals surface area contributed by atoms with Gasteiger partial charge >= 0.3 is 0 Å². The van der Waals surface area contributed by atoms with Crippen LogP contribution < -0.4 is 0 Å². The Labute approximate surface area is 145 Å². The molecule has 0 bridgehead atoms. The van der Waals surface area contributed by atoms with E-state index in [1.54, 1.807) is 31.2 Å². The van der Waals surface area contributed by atoms with Crippen LogP contribution in [0.4, 0.5) is 0 Å². The third kappa shape index (κ3) is 5.15. The van der Waals surface area contributed by atoms with Crippen molar-refractivity contribution < 1.29 is 14.5 Å². The summed E-state index contributed by atoms with van der Waals surface area (Å²) < 4.78 is 5.71. The van der Waals surface area contributed by atoms with Gasteiger partial charge in [-0.15, -0.1) is 0 Å². The molecule has 0 saturated heterocycles. The minimum Gasteiger partial charge on any atom is -0.373 e. The first-order valence-corrected chi connectivity index (χ1v) is 7.92. The van der Waals surface area contributed by atoms with E-state index >= 15 is 0 Å². The molecule has 126 valence electrons. The van der Waals surface area contributed by atoms with Gasteiger partial charge in [-0.2, -0.15) is 0 Å². The van der Waals surface area contributed by atoms with E-state index in [9.17, 15) is 14.9 Å². The number of Topliss-reactive ketones (excluding diaryl/α,β-unsaturated/α-hetero) is 1. The Bertz CT molecular complexity index is 688. The highest BCUT2D eigenvalue weighted by atomic mass is 35.5. The first-order chi connectivity index (χ1) is 11.5. The molecule has 6 heteroatoms. The summed E-state index contributed by atoms with van der Waals surface area (Å²) in [7, 11) is 0. The number of benzene rings is 2. The molecule has 2 aromatic rings. The zero-order valence-corrected chi connectivity index (χ0v) is 14.0. The predicted molar refractivity (Wildman–Crippen MR) is 91.8 cm³/mol. The number of carbonyl (C=O) groups is 1. The largest absolute Gasteiger partial charge is 0.373 e. The van der Waals surface area contributed by atoms with Crippen molar-refractivity contribution in [2.24, 2.45) is 5.92 Å². The quantitative estimate of drug-likeness (QED) is 0.411. The molecule has 0 heterocycles. The molecule has 0 aliphatic carbocycles. The summed E-state index contributed by atoms with van der Waals surface area (Å²) in [4.78, 5) is 23.1. The number of hydrogen-bond acceptors (Lipinski definition) is 4. The van der Waals surface area contributed by atoms with Gasteiger partial charge in [0.1, 0.15) is 5.92 Å². The van der Waals surface area contributed by atoms with Gasteiger partial charge in [-0.05, 0) is 36.8 Å². The summed E-state index contributed by atoms with van der Waals surface area (Å²) >= 11 is 5.82. The van der Waals surface area contributed by atoms with Crippen molar-refractivity contribution in [3.8, 4) is 0 Å². The van der Waals surface area contributed by atoms with Crippen LogP contribution in [-0.2, 0) is 11.3 Å². The second kappa shape index (κ2) is 8.57. The van der Waals surface area contributed by atoms with Gasteiger partial charge in [-0.1, -0.05) is 41.9 Å². The lowest BCUT2D eigenvalue weighted by atomic mass is 9.93. The molecule has 24 heavy (non-hydrogen) atoms. The van der Waals surface area contributed by atoms with E-state index in [0.29, 0.717) is 17.2 Å². The number of carbonyl (C=O) groups excluding carboxylic acids is 1. The van der Waals surface area contributed by atoms with E-state index in [2.05, 4.69) is 0 Å². The van der Waals surface area contributed by atoms with Crippen molar-refractivity contribution in [2.45, 2.75) is 19.6 Å². The lowest BCUT2D eigenvalue weighted by Gasteiger charge is -2.20. The molecule has 0 spiro atoms. The highest BCUT2D eigenvalue weighted by Crippen LogP contribution is 2.19. The first kappa shape index (κ1) is 18.1. The monoisotopic (exact) mass is 347 g/mol. The second-order valence-corrected chi connectivity index (χ2v) is 5.93. The zero-order valence-electron chi connectivity index (χ0n) is 13.2. The minimum atomic E-state index is -0.857. The summed E-state index contributed by atoms with van der Waals surface area (Å²) in [6, 6.07) is 15.8. The molecule has 2 atom stereocenters. The predicted octanol–water partition coefficient (Wildman–Crippen LogP) is 4.02. The van der Waals surface area contributed by atoms with E-state index < -0.39 is 23.5 Å². The fourth-order valence-corrected chi connectivity index (χ4v) is 2.48. The molecule has 0 aliphatic rings. The Hall–Kier alpha value is -2.24. The number of nitro groups is 1. The van der Waals surface area contributed by atoms with E-state index in [0.717, 1.165) is 5.56 Å². The van der Waals surface area contributed by atoms with Crippen molar-refractivity contribution >= 4 is 17.4 Å². The van der Waals surface area contributed by atoms with Crippen LogP contribution in [-0.4, -0.2) is 23.4 Å². The van der Waals surface area contributed by atoms with Crippen LogP contribution >= 0.6 is 11.6 Å². The van der Waals surface area contributed by atoms with E-state index in [1.807, 2.05) is 30.3 Å². The zero-order chi connectivity index (χ0) is 17.5. The van der Waals surface area contributed by atoms with Gasteiger partial charge < -0.3 is 4.74 Å². The third-order valence-corrected chi connectivity index (χ3v) is 3.99. The van der Waals surface area contributed by atoms with Gasteiger partial charge in [0, 0.05) is 15.5 Å². The van der Waals surface area contributed by atoms with Crippen LogP contribution in [0.2, 0.25) is 5.02 Å². The van der Waals surface area contributed by atoms with Crippen molar-refractivity contribution in [2.75, 3.05) is 6.54 Å². The summed E-state index contributed by atoms with van der Waals surface area (Å²) in [5.41, 5.74) is 1.34. The third-order valence-electron chi connectivity index (χ3n) is 3.73. The van der Waals surface area contributed by atoms with Crippen LogP contribution in [0.1, 0.15) is 22.8 Å². The molecule has 0 N–H and O–H groups in total. The molecule has 0 saturated carbocycles. The van der Waals surface area contributed by atoms with Crippen LogP contribution in [0.3, 0.4) is 0 Å². The molecule has 0 aliphatic heterocycles. The Morgan fingerprint density at radius 2 is 1.79 bits per heavy atom. The Morgan fingerprint density at radius 3 is 2.38 bits per heavy atom. The molecule has 0 amide bonds. The number of ketones is 1. The summed E-state index contributed by atoms with van der Waals surface area (Å²) in [5, 5.41) is 11.5. The van der Waals surface area contributed by atoms with Crippen LogP contribution in [0.15, 0.2) is 54.6 Å². The second-order valence-electron chi connectivity index (χ2n) is 5.49. The fourth-order valence-electron chi connectivity index (χ4n) is 2.35. The average molecular weight is 348 g/mol. The Balaban J connectivity index is 2.09.